The minimum atomic E-state index is -0.418. The van der Waals surface area contributed by atoms with Gasteiger partial charge >= 0.3 is 0 Å². The van der Waals surface area contributed by atoms with Crippen LogP contribution in [-0.4, -0.2) is 20.7 Å². The molecule has 0 saturated heterocycles. The molecule has 4 rings (SSSR count). The Morgan fingerprint density at radius 2 is 1.73 bits per heavy atom. The summed E-state index contributed by atoms with van der Waals surface area (Å²) in [6.45, 7) is 1.94. The van der Waals surface area contributed by atoms with E-state index in [0.717, 1.165) is 21.3 Å². The van der Waals surface area contributed by atoms with E-state index in [1.807, 2.05) is 37.3 Å². The lowest BCUT2D eigenvalue weighted by atomic mass is 10.2. The summed E-state index contributed by atoms with van der Waals surface area (Å²) in [4.78, 5) is 17.3. The number of carbonyl (C=O) groups is 1. The van der Waals surface area contributed by atoms with Gasteiger partial charge < -0.3 is 5.32 Å². The van der Waals surface area contributed by atoms with Gasteiger partial charge in [0.05, 0.1) is 5.69 Å². The second kappa shape index (κ2) is 8.60. The van der Waals surface area contributed by atoms with Crippen molar-refractivity contribution in [2.24, 2.45) is 0 Å². The molecular weight excluding hydrogens is 487 g/mol. The van der Waals surface area contributed by atoms with Gasteiger partial charge in [0.15, 0.2) is 5.82 Å². The lowest BCUT2D eigenvalue weighted by Crippen LogP contribution is -2.14. The van der Waals surface area contributed by atoms with Crippen LogP contribution in [0.15, 0.2) is 71.2 Å². The Morgan fingerprint density at radius 3 is 2.47 bits per heavy atom. The zero-order valence-corrected chi connectivity index (χ0v) is 18.8. The molecule has 0 radical (unpaired) electrons. The molecule has 1 aromatic heterocycles. The maximum Gasteiger partial charge on any atom is 0.295 e. The molecule has 5 nitrogen and oxygen atoms in total. The summed E-state index contributed by atoms with van der Waals surface area (Å²) in [5.41, 5.74) is 3.04. The summed E-state index contributed by atoms with van der Waals surface area (Å²) >= 11 is 15.8. The second-order valence-corrected chi connectivity index (χ2v) is 8.36. The van der Waals surface area contributed by atoms with Crippen molar-refractivity contribution in [1.29, 1.82) is 0 Å². The maximum absolute atomic E-state index is 12.8. The minimum Gasteiger partial charge on any atom is -0.319 e. The molecule has 0 atom stereocenters. The van der Waals surface area contributed by atoms with E-state index >= 15 is 0 Å². The largest absolute Gasteiger partial charge is 0.319 e. The van der Waals surface area contributed by atoms with Crippen molar-refractivity contribution in [3.05, 3.63) is 92.6 Å². The number of rotatable bonds is 4. The van der Waals surface area contributed by atoms with Crippen LogP contribution in [0.5, 0.6) is 0 Å². The van der Waals surface area contributed by atoms with Gasteiger partial charge in [-0.1, -0.05) is 57.3 Å². The number of nitrogens with one attached hydrogen (secondary N) is 1. The van der Waals surface area contributed by atoms with Crippen LogP contribution in [0.2, 0.25) is 10.0 Å². The number of nitrogens with zero attached hydrogens (tertiary/aromatic N) is 3. The van der Waals surface area contributed by atoms with Gasteiger partial charge in [0, 0.05) is 25.8 Å². The Labute approximate surface area is 191 Å². The quantitative estimate of drug-likeness (QED) is 0.344. The summed E-state index contributed by atoms with van der Waals surface area (Å²) in [6.07, 6.45) is 0. The Kier molecular flexibility index (Phi) is 5.90. The number of aromatic nitrogens is 3. The molecule has 1 amide bonds. The zero-order valence-electron chi connectivity index (χ0n) is 15.7. The number of aryl methyl sites for hydroxylation is 1. The summed E-state index contributed by atoms with van der Waals surface area (Å²) in [5.74, 6) is 0.107. The highest BCUT2D eigenvalue weighted by Crippen LogP contribution is 2.27. The van der Waals surface area contributed by atoms with Crippen LogP contribution < -0.4 is 5.32 Å². The van der Waals surface area contributed by atoms with Gasteiger partial charge in [-0.3, -0.25) is 4.79 Å². The average Bonchev–Trinajstić information content (AvgIpc) is 3.17. The fraction of sp³-hybridized carbons (Fsp3) is 0.0455. The molecule has 0 spiro atoms. The highest BCUT2D eigenvalue weighted by atomic mass is 79.9. The molecule has 0 aliphatic rings. The standard InChI is InChI=1S/C22H15BrCl2N4O/c1-13-5-8-17(25)12-19(13)29-21(14-3-2-4-16(24)11-14)27-20(28-29)22(30)26-18-9-6-15(23)7-10-18/h2-12H,1H3,(H,26,30). The maximum atomic E-state index is 12.8. The van der Waals surface area contributed by atoms with E-state index in [1.165, 1.54) is 0 Å². The van der Waals surface area contributed by atoms with E-state index in [4.69, 9.17) is 23.2 Å². The molecule has 0 bridgehead atoms. The van der Waals surface area contributed by atoms with Gasteiger partial charge in [-0.15, -0.1) is 5.10 Å². The third-order valence-corrected chi connectivity index (χ3v) is 5.39. The number of carbonyl (C=O) groups excluding carboxylic acids is 1. The van der Waals surface area contributed by atoms with Gasteiger partial charge in [-0.05, 0) is 61.0 Å². The van der Waals surface area contributed by atoms with Crippen LogP contribution in [0.1, 0.15) is 16.2 Å². The molecule has 1 heterocycles. The van der Waals surface area contributed by atoms with Crippen LogP contribution in [0.3, 0.4) is 0 Å². The molecular formula is C22H15BrCl2N4O. The van der Waals surface area contributed by atoms with E-state index < -0.39 is 5.91 Å². The van der Waals surface area contributed by atoms with E-state index in [1.54, 1.807) is 41.1 Å². The molecule has 0 aliphatic heterocycles. The van der Waals surface area contributed by atoms with Crippen molar-refractivity contribution >= 4 is 50.7 Å². The number of halogens is 3. The molecule has 0 aliphatic carbocycles. The molecule has 0 fully saturated rings. The highest BCUT2D eigenvalue weighted by Gasteiger charge is 2.20. The van der Waals surface area contributed by atoms with E-state index in [0.29, 0.717) is 21.6 Å². The van der Waals surface area contributed by atoms with Crippen molar-refractivity contribution in [1.82, 2.24) is 14.8 Å². The van der Waals surface area contributed by atoms with Crippen LogP contribution in [0.4, 0.5) is 5.69 Å². The summed E-state index contributed by atoms with van der Waals surface area (Å²) < 4.78 is 2.53. The molecule has 8 heteroatoms. The van der Waals surface area contributed by atoms with Crippen molar-refractivity contribution in [2.45, 2.75) is 6.92 Å². The van der Waals surface area contributed by atoms with Gasteiger partial charge in [-0.25, -0.2) is 9.67 Å². The molecule has 150 valence electrons. The third kappa shape index (κ3) is 4.41. The Hall–Kier alpha value is -2.67. The highest BCUT2D eigenvalue weighted by molar-refractivity contribution is 9.10. The molecule has 30 heavy (non-hydrogen) atoms. The number of hydrogen-bond donors (Lipinski definition) is 1. The summed E-state index contributed by atoms with van der Waals surface area (Å²) in [6, 6.07) is 20.0. The minimum absolute atomic E-state index is 0.0345. The van der Waals surface area contributed by atoms with Crippen LogP contribution in [-0.2, 0) is 0 Å². The summed E-state index contributed by atoms with van der Waals surface area (Å²) in [7, 11) is 0. The summed E-state index contributed by atoms with van der Waals surface area (Å²) in [5, 5.41) is 8.42. The predicted octanol–water partition coefficient (Wildman–Crippen LogP) is 6.56. The van der Waals surface area contributed by atoms with Crippen molar-refractivity contribution in [2.75, 3.05) is 5.32 Å². The first-order valence-corrected chi connectivity index (χ1v) is 10.5. The van der Waals surface area contributed by atoms with Crippen LogP contribution in [0, 0.1) is 6.92 Å². The van der Waals surface area contributed by atoms with Crippen LogP contribution in [0.25, 0.3) is 17.1 Å². The van der Waals surface area contributed by atoms with Crippen molar-refractivity contribution < 1.29 is 4.79 Å². The zero-order chi connectivity index (χ0) is 21.3. The second-order valence-electron chi connectivity index (χ2n) is 6.57. The third-order valence-electron chi connectivity index (χ3n) is 4.39. The fourth-order valence-electron chi connectivity index (χ4n) is 2.92. The smallest absolute Gasteiger partial charge is 0.295 e. The van der Waals surface area contributed by atoms with Crippen molar-refractivity contribution in [3.63, 3.8) is 0 Å². The molecule has 3 aromatic carbocycles. The number of anilines is 1. The first-order chi connectivity index (χ1) is 14.4. The SMILES string of the molecule is Cc1ccc(Cl)cc1-n1nc(C(=O)Nc2ccc(Br)cc2)nc1-c1cccc(Cl)c1. The molecule has 0 unspecified atom stereocenters. The van der Waals surface area contributed by atoms with E-state index in [9.17, 15) is 4.79 Å². The fourth-order valence-corrected chi connectivity index (χ4v) is 3.54. The first-order valence-electron chi connectivity index (χ1n) is 8.97. The molecule has 4 aromatic rings. The lowest BCUT2D eigenvalue weighted by molar-refractivity contribution is 0.101. The monoisotopic (exact) mass is 500 g/mol. The van der Waals surface area contributed by atoms with Gasteiger partial charge in [0.25, 0.3) is 5.91 Å². The normalized spacial score (nSPS) is 10.8. The number of amides is 1. The van der Waals surface area contributed by atoms with Crippen LogP contribution >= 0.6 is 39.1 Å². The lowest BCUT2D eigenvalue weighted by Gasteiger charge is -2.09. The Morgan fingerprint density at radius 1 is 1.00 bits per heavy atom. The van der Waals surface area contributed by atoms with Gasteiger partial charge in [0.2, 0.25) is 5.82 Å². The molecule has 0 saturated carbocycles. The average molecular weight is 502 g/mol. The van der Waals surface area contributed by atoms with Crippen molar-refractivity contribution in [3.8, 4) is 17.1 Å². The van der Waals surface area contributed by atoms with E-state index in [2.05, 4.69) is 31.3 Å². The van der Waals surface area contributed by atoms with E-state index in [-0.39, 0.29) is 5.82 Å². The topological polar surface area (TPSA) is 59.8 Å². The Bertz CT molecular complexity index is 1240. The number of hydrogen-bond acceptors (Lipinski definition) is 3. The van der Waals surface area contributed by atoms with Gasteiger partial charge in [0.1, 0.15) is 0 Å². The Balaban J connectivity index is 1.80. The molecule has 1 N–H and O–H groups in total. The number of benzene rings is 3. The predicted molar refractivity (Wildman–Crippen MR) is 124 cm³/mol. The van der Waals surface area contributed by atoms with Gasteiger partial charge in [-0.2, -0.15) is 0 Å². The first kappa shape index (κ1) is 20.6.